The molecule has 2 aromatic carbocycles. The molecule has 7 nitrogen and oxygen atoms in total. The molecule has 4 aromatic rings. The minimum atomic E-state index is -0.511. The van der Waals surface area contributed by atoms with Crippen molar-refractivity contribution in [3.8, 4) is 0 Å². The zero-order chi connectivity index (χ0) is 20.2. The number of tetrazole rings is 1. The molecule has 0 spiro atoms. The minimum absolute atomic E-state index is 0.121. The molecule has 29 heavy (non-hydrogen) atoms. The minimum Gasteiger partial charge on any atom is -0.456 e. The first-order valence-corrected chi connectivity index (χ1v) is 9.16. The number of hydrogen-bond donors (Lipinski definition) is 0. The molecular formula is C22H19N5O2. The van der Waals surface area contributed by atoms with Crippen molar-refractivity contribution in [2.24, 2.45) is 0 Å². The summed E-state index contributed by atoms with van der Waals surface area (Å²) in [7, 11) is 0. The van der Waals surface area contributed by atoms with E-state index in [0.29, 0.717) is 5.82 Å². The first-order chi connectivity index (χ1) is 14.1. The van der Waals surface area contributed by atoms with Crippen LogP contribution in [0.25, 0.3) is 22.7 Å². The monoisotopic (exact) mass is 385 g/mol. The Morgan fingerprint density at radius 3 is 2.59 bits per heavy atom. The van der Waals surface area contributed by atoms with Gasteiger partial charge in [-0.05, 0) is 48.0 Å². The number of rotatable bonds is 5. The zero-order valence-corrected chi connectivity index (χ0v) is 16.1. The molecule has 0 saturated heterocycles. The quantitative estimate of drug-likeness (QED) is 0.386. The van der Waals surface area contributed by atoms with E-state index >= 15 is 0 Å². The van der Waals surface area contributed by atoms with Crippen molar-refractivity contribution >= 4 is 28.6 Å². The lowest BCUT2D eigenvalue weighted by molar-refractivity contribution is -0.138. The summed E-state index contributed by atoms with van der Waals surface area (Å²) in [6, 6.07) is 19.2. The van der Waals surface area contributed by atoms with Gasteiger partial charge in [-0.25, -0.2) is 4.79 Å². The number of fused-ring (bicyclic) bond motifs is 1. The summed E-state index contributed by atoms with van der Waals surface area (Å²) in [6.07, 6.45) is 1.71. The maximum absolute atomic E-state index is 13.0. The number of aryl methyl sites for hydroxylation is 2. The molecule has 0 atom stereocenters. The molecule has 2 heterocycles. The summed E-state index contributed by atoms with van der Waals surface area (Å²) in [5.41, 5.74) is 3.73. The Morgan fingerprint density at radius 2 is 1.83 bits per heavy atom. The van der Waals surface area contributed by atoms with Crippen molar-refractivity contribution in [3.63, 3.8) is 0 Å². The summed E-state index contributed by atoms with van der Waals surface area (Å²) in [5.74, 6) is -0.0165. The van der Waals surface area contributed by atoms with Crippen molar-refractivity contribution in [2.45, 2.75) is 20.5 Å². The van der Waals surface area contributed by atoms with Crippen molar-refractivity contribution in [2.75, 3.05) is 0 Å². The number of benzene rings is 2. The maximum Gasteiger partial charge on any atom is 0.357 e. The summed E-state index contributed by atoms with van der Waals surface area (Å²) in [4.78, 5) is 17.5. The van der Waals surface area contributed by atoms with E-state index < -0.39 is 5.97 Å². The second kappa shape index (κ2) is 8.02. The van der Waals surface area contributed by atoms with Crippen LogP contribution in [0.4, 0.5) is 0 Å². The smallest absolute Gasteiger partial charge is 0.357 e. The molecule has 0 unspecified atom stereocenters. The largest absolute Gasteiger partial charge is 0.456 e. The number of pyridine rings is 1. The van der Waals surface area contributed by atoms with Gasteiger partial charge in [0, 0.05) is 16.6 Å². The van der Waals surface area contributed by atoms with Gasteiger partial charge in [0.05, 0.1) is 5.52 Å². The van der Waals surface area contributed by atoms with Gasteiger partial charge < -0.3 is 4.74 Å². The lowest BCUT2D eigenvalue weighted by atomic mass is 10.1. The fourth-order valence-electron chi connectivity index (χ4n) is 3.10. The van der Waals surface area contributed by atoms with E-state index in [1.807, 2.05) is 67.6 Å². The van der Waals surface area contributed by atoms with Crippen molar-refractivity contribution in [1.29, 1.82) is 0 Å². The van der Waals surface area contributed by atoms with Gasteiger partial charge in [0.15, 0.2) is 11.5 Å². The van der Waals surface area contributed by atoms with Crippen LogP contribution in [0.5, 0.6) is 0 Å². The van der Waals surface area contributed by atoms with Crippen LogP contribution in [0.3, 0.4) is 0 Å². The Hall–Kier alpha value is -3.87. The Morgan fingerprint density at radius 1 is 1.07 bits per heavy atom. The van der Waals surface area contributed by atoms with Crippen LogP contribution in [0.15, 0.2) is 60.7 Å². The number of esters is 1. The van der Waals surface area contributed by atoms with E-state index in [9.17, 15) is 4.79 Å². The highest BCUT2D eigenvalue weighted by Gasteiger charge is 2.18. The highest BCUT2D eigenvalue weighted by atomic mass is 16.5. The molecule has 0 N–H and O–H groups in total. The topological polar surface area (TPSA) is 82.8 Å². The van der Waals surface area contributed by atoms with Crippen LogP contribution in [0.1, 0.15) is 22.6 Å². The molecule has 0 fully saturated rings. The average molecular weight is 385 g/mol. The Bertz CT molecular complexity index is 1200. The number of ether oxygens (including phenoxy) is 1. The Kier molecular flexibility index (Phi) is 5.11. The van der Waals surface area contributed by atoms with Crippen molar-refractivity contribution in [3.05, 3.63) is 83.3 Å². The Labute approximate surface area is 167 Å². The molecule has 2 aromatic heterocycles. The van der Waals surface area contributed by atoms with E-state index in [2.05, 4.69) is 20.5 Å². The van der Waals surface area contributed by atoms with Gasteiger partial charge in [-0.15, -0.1) is 5.10 Å². The van der Waals surface area contributed by atoms with Gasteiger partial charge >= 0.3 is 5.97 Å². The van der Waals surface area contributed by atoms with E-state index in [4.69, 9.17) is 4.74 Å². The molecule has 0 radical (unpaired) electrons. The lowest BCUT2D eigenvalue weighted by Crippen LogP contribution is -2.15. The first kappa shape index (κ1) is 18.5. The van der Waals surface area contributed by atoms with E-state index in [0.717, 1.165) is 27.7 Å². The van der Waals surface area contributed by atoms with E-state index in [1.165, 1.54) is 4.68 Å². The Balaban J connectivity index is 1.65. The zero-order valence-electron chi connectivity index (χ0n) is 16.1. The SMILES string of the molecule is Cc1cc(COC(=O)/C(=C/c2ccccc2)n2nnnc2C)c2ccccc2n1. The maximum atomic E-state index is 13.0. The standard InChI is InChI=1S/C22H19N5O2/c1-15-12-18(19-10-6-7-11-20(19)23-15)14-29-22(28)21(27-16(2)24-25-26-27)13-17-8-4-3-5-9-17/h3-13H,14H2,1-2H3/b21-13-. The molecule has 144 valence electrons. The molecule has 0 aliphatic heterocycles. The van der Waals surface area contributed by atoms with Gasteiger partial charge in [0.25, 0.3) is 0 Å². The molecule has 7 heteroatoms. The number of para-hydroxylation sites is 1. The lowest BCUT2D eigenvalue weighted by Gasteiger charge is -2.11. The number of hydrogen-bond acceptors (Lipinski definition) is 6. The van der Waals surface area contributed by atoms with E-state index in [1.54, 1.807) is 13.0 Å². The number of carbonyl (C=O) groups excluding carboxylic acids is 1. The highest BCUT2D eigenvalue weighted by molar-refractivity contribution is 6.15. The number of nitrogens with zero attached hydrogens (tertiary/aromatic N) is 5. The summed E-state index contributed by atoms with van der Waals surface area (Å²) < 4.78 is 7.03. The van der Waals surface area contributed by atoms with E-state index in [-0.39, 0.29) is 12.3 Å². The third kappa shape index (κ3) is 4.03. The van der Waals surface area contributed by atoms with Crippen molar-refractivity contribution in [1.82, 2.24) is 25.2 Å². The third-order valence-corrected chi connectivity index (χ3v) is 4.45. The molecular weight excluding hydrogens is 366 g/mol. The van der Waals surface area contributed by atoms with Crippen molar-refractivity contribution < 1.29 is 9.53 Å². The molecule has 0 aliphatic rings. The first-order valence-electron chi connectivity index (χ1n) is 9.16. The van der Waals surface area contributed by atoms with Crippen LogP contribution in [-0.2, 0) is 16.1 Å². The molecule has 0 aliphatic carbocycles. The van der Waals surface area contributed by atoms with Crippen LogP contribution in [-0.4, -0.2) is 31.2 Å². The third-order valence-electron chi connectivity index (χ3n) is 4.45. The fourth-order valence-corrected chi connectivity index (χ4v) is 3.10. The van der Waals surface area contributed by atoms with Gasteiger partial charge in [-0.1, -0.05) is 48.5 Å². The summed E-state index contributed by atoms with van der Waals surface area (Å²) in [5, 5.41) is 12.4. The van der Waals surface area contributed by atoms with Gasteiger partial charge in [-0.2, -0.15) is 4.68 Å². The molecule has 4 rings (SSSR count). The molecule has 0 amide bonds. The predicted octanol–water partition coefficient (Wildman–Crippen LogP) is 3.58. The second-order valence-electron chi connectivity index (χ2n) is 6.59. The normalized spacial score (nSPS) is 11.6. The second-order valence-corrected chi connectivity index (χ2v) is 6.59. The number of aromatic nitrogens is 5. The fraction of sp³-hybridized carbons (Fsp3) is 0.136. The van der Waals surface area contributed by atoms with Gasteiger partial charge in [-0.3, -0.25) is 4.98 Å². The highest BCUT2D eigenvalue weighted by Crippen LogP contribution is 2.20. The number of carbonyl (C=O) groups is 1. The average Bonchev–Trinajstić information content (AvgIpc) is 3.16. The van der Waals surface area contributed by atoms with Crippen LogP contribution < -0.4 is 0 Å². The molecule has 0 bridgehead atoms. The predicted molar refractivity (Wildman–Crippen MR) is 109 cm³/mol. The van der Waals surface area contributed by atoms with Crippen LogP contribution >= 0.6 is 0 Å². The van der Waals surface area contributed by atoms with Crippen LogP contribution in [0, 0.1) is 13.8 Å². The van der Waals surface area contributed by atoms with Gasteiger partial charge in [0.1, 0.15) is 6.61 Å². The summed E-state index contributed by atoms with van der Waals surface area (Å²) in [6.45, 7) is 3.77. The van der Waals surface area contributed by atoms with Gasteiger partial charge in [0.2, 0.25) is 0 Å². The van der Waals surface area contributed by atoms with Crippen LogP contribution in [0.2, 0.25) is 0 Å². The summed E-state index contributed by atoms with van der Waals surface area (Å²) >= 11 is 0. The molecule has 0 saturated carbocycles.